The van der Waals surface area contributed by atoms with Crippen LogP contribution in [0.25, 0.3) is 0 Å². The van der Waals surface area contributed by atoms with E-state index in [1.165, 1.54) is 25.1 Å². The second kappa shape index (κ2) is 9.03. The van der Waals surface area contributed by atoms with Gasteiger partial charge in [-0.2, -0.15) is 0 Å². The van der Waals surface area contributed by atoms with Crippen LogP contribution in [0.2, 0.25) is 0 Å². The van der Waals surface area contributed by atoms with Crippen LogP contribution in [0, 0.1) is 11.3 Å². The maximum atomic E-state index is 6.15. The number of benzene rings is 1. The van der Waals surface area contributed by atoms with Gasteiger partial charge in [-0.05, 0) is 43.1 Å². The molecule has 1 aromatic rings. The van der Waals surface area contributed by atoms with Crippen LogP contribution in [0.5, 0.6) is 5.75 Å². The van der Waals surface area contributed by atoms with E-state index in [0.29, 0.717) is 12.5 Å². The summed E-state index contributed by atoms with van der Waals surface area (Å²) in [6.45, 7) is 13.0. The molecule has 1 atom stereocenters. The van der Waals surface area contributed by atoms with Gasteiger partial charge in [0, 0.05) is 12.0 Å². The van der Waals surface area contributed by atoms with Crippen LogP contribution < -0.4 is 15.0 Å². The Kier molecular flexibility index (Phi) is 6.87. The van der Waals surface area contributed by atoms with Gasteiger partial charge in [0.05, 0.1) is 0 Å². The zero-order chi connectivity index (χ0) is 21.1. The summed E-state index contributed by atoms with van der Waals surface area (Å²) in [6.07, 6.45) is 6.14. The number of nitrogens with one attached hydrogen (secondary N) is 2. The Hall–Kier alpha value is -1.62. The topological polar surface area (TPSA) is 38.5 Å². The lowest BCUT2D eigenvalue weighted by Crippen LogP contribution is -2.88. The van der Waals surface area contributed by atoms with E-state index in [-0.39, 0.29) is 17.0 Å². The number of para-hydroxylation sites is 1. The first-order chi connectivity index (χ1) is 13.7. The lowest BCUT2D eigenvalue weighted by molar-refractivity contribution is -0.529. The average Bonchev–Trinajstić information content (AvgIpc) is 2.90. The normalized spacial score (nSPS) is 21.7. The summed E-state index contributed by atoms with van der Waals surface area (Å²) in [5.41, 5.74) is 0.0439. The third kappa shape index (κ3) is 5.11. The highest BCUT2D eigenvalue weighted by Gasteiger charge is 2.55. The van der Waals surface area contributed by atoms with Gasteiger partial charge in [-0.25, -0.2) is 5.32 Å². The van der Waals surface area contributed by atoms with E-state index in [4.69, 9.17) is 17.0 Å². The summed E-state index contributed by atoms with van der Waals surface area (Å²) in [5.74, 6) is 2.68. The molecule has 0 amide bonds. The summed E-state index contributed by atoms with van der Waals surface area (Å²) in [4.78, 5) is 6.34. The van der Waals surface area contributed by atoms with Crippen molar-refractivity contribution in [1.82, 2.24) is 10.2 Å². The van der Waals surface area contributed by atoms with E-state index >= 15 is 0 Å². The zero-order valence-electron chi connectivity index (χ0n) is 18.8. The van der Waals surface area contributed by atoms with Crippen molar-refractivity contribution in [3.63, 3.8) is 0 Å². The molecule has 0 radical (unpaired) electrons. The summed E-state index contributed by atoms with van der Waals surface area (Å²) in [6, 6.07) is 10.3. The highest BCUT2D eigenvalue weighted by atomic mass is 32.1. The Labute approximate surface area is 182 Å². The minimum absolute atomic E-state index is 0.00412. The molecule has 0 aromatic heterocycles. The SMILES string of the molecule is CC(C)CN1C(=S)NC(=[NH+][C@@H](COc2ccccc2)C(C)(C)C)C12CCCCC2. The van der Waals surface area contributed by atoms with Crippen molar-refractivity contribution >= 4 is 23.2 Å². The minimum atomic E-state index is -0.00412. The lowest BCUT2D eigenvalue weighted by atomic mass is 9.79. The van der Waals surface area contributed by atoms with Crippen molar-refractivity contribution in [1.29, 1.82) is 0 Å². The van der Waals surface area contributed by atoms with Crippen molar-refractivity contribution < 1.29 is 9.73 Å². The maximum Gasteiger partial charge on any atom is 0.276 e. The molecule has 5 heteroatoms. The van der Waals surface area contributed by atoms with E-state index in [1.54, 1.807) is 0 Å². The molecule has 1 aliphatic heterocycles. The lowest BCUT2D eigenvalue weighted by Gasteiger charge is -2.39. The van der Waals surface area contributed by atoms with Gasteiger partial charge in [-0.1, -0.05) is 72.1 Å². The van der Waals surface area contributed by atoms with Crippen LogP contribution in [0.1, 0.15) is 66.7 Å². The summed E-state index contributed by atoms with van der Waals surface area (Å²) in [7, 11) is 0. The Morgan fingerprint density at radius 1 is 1.14 bits per heavy atom. The van der Waals surface area contributed by atoms with E-state index in [0.717, 1.165) is 30.2 Å². The van der Waals surface area contributed by atoms with Gasteiger partial charge in [0.25, 0.3) is 10.9 Å². The predicted octanol–water partition coefficient (Wildman–Crippen LogP) is 3.51. The van der Waals surface area contributed by atoms with Gasteiger partial charge in [0.15, 0.2) is 0 Å². The third-order valence-electron chi connectivity index (χ3n) is 6.21. The van der Waals surface area contributed by atoms with Gasteiger partial charge in [-0.15, -0.1) is 0 Å². The summed E-state index contributed by atoms with van der Waals surface area (Å²) in [5, 5.41) is 4.45. The van der Waals surface area contributed by atoms with E-state index < -0.39 is 0 Å². The van der Waals surface area contributed by atoms with Crippen LogP contribution in [0.15, 0.2) is 30.3 Å². The molecular weight excluding hydrogens is 378 g/mol. The molecule has 29 heavy (non-hydrogen) atoms. The monoisotopic (exact) mass is 416 g/mol. The second-order valence-corrected chi connectivity index (χ2v) is 10.5. The van der Waals surface area contributed by atoms with Crippen molar-refractivity contribution in [3.8, 4) is 5.75 Å². The van der Waals surface area contributed by atoms with Gasteiger partial charge in [0.1, 0.15) is 23.9 Å². The molecule has 2 aliphatic rings. The van der Waals surface area contributed by atoms with Crippen molar-refractivity contribution in [3.05, 3.63) is 30.3 Å². The number of nitrogens with zero attached hydrogens (tertiary/aromatic N) is 1. The quantitative estimate of drug-likeness (QED) is 0.696. The van der Waals surface area contributed by atoms with Gasteiger partial charge in [-0.3, -0.25) is 4.99 Å². The molecule has 1 saturated heterocycles. The fraction of sp³-hybridized carbons (Fsp3) is 0.667. The highest BCUT2D eigenvalue weighted by molar-refractivity contribution is 7.80. The van der Waals surface area contributed by atoms with E-state index in [9.17, 15) is 0 Å². The number of thiocarbonyl (C=S) groups is 1. The van der Waals surface area contributed by atoms with Crippen LogP contribution in [0.4, 0.5) is 0 Å². The maximum absolute atomic E-state index is 6.15. The molecule has 160 valence electrons. The van der Waals surface area contributed by atoms with Crippen LogP contribution in [0.3, 0.4) is 0 Å². The largest absolute Gasteiger partial charge is 0.489 e. The molecule has 1 saturated carbocycles. The predicted molar refractivity (Wildman–Crippen MR) is 124 cm³/mol. The number of ether oxygens (including phenoxy) is 1. The van der Waals surface area contributed by atoms with Crippen molar-refractivity contribution in [2.45, 2.75) is 78.3 Å². The molecule has 2 N–H and O–H groups in total. The Morgan fingerprint density at radius 2 is 1.79 bits per heavy atom. The van der Waals surface area contributed by atoms with Crippen LogP contribution in [-0.4, -0.2) is 40.6 Å². The first-order valence-electron chi connectivity index (χ1n) is 11.1. The highest BCUT2D eigenvalue weighted by Crippen LogP contribution is 2.37. The van der Waals surface area contributed by atoms with Gasteiger partial charge < -0.3 is 9.64 Å². The van der Waals surface area contributed by atoms with Crippen molar-refractivity contribution in [2.75, 3.05) is 13.2 Å². The number of hydrogen-bond acceptors (Lipinski definition) is 2. The molecule has 1 aromatic carbocycles. The molecular formula is C24H38N3OS+. The Bertz CT molecular complexity index is 717. The fourth-order valence-corrected chi connectivity index (χ4v) is 4.80. The van der Waals surface area contributed by atoms with Crippen LogP contribution in [-0.2, 0) is 0 Å². The van der Waals surface area contributed by atoms with E-state index in [1.807, 2.05) is 30.3 Å². The number of rotatable bonds is 6. The Balaban J connectivity index is 1.89. The summed E-state index contributed by atoms with van der Waals surface area (Å²) < 4.78 is 6.15. The molecule has 2 fully saturated rings. The molecule has 1 heterocycles. The second-order valence-electron chi connectivity index (χ2n) is 10.1. The molecule has 1 aliphatic carbocycles. The van der Waals surface area contributed by atoms with Crippen molar-refractivity contribution in [2.24, 2.45) is 11.3 Å². The molecule has 3 rings (SSSR count). The van der Waals surface area contributed by atoms with Crippen LogP contribution >= 0.6 is 12.2 Å². The minimum Gasteiger partial charge on any atom is -0.489 e. The first kappa shape index (κ1) is 22.1. The molecule has 4 nitrogen and oxygen atoms in total. The first-order valence-corrected chi connectivity index (χ1v) is 11.5. The van der Waals surface area contributed by atoms with Gasteiger partial charge >= 0.3 is 0 Å². The smallest absolute Gasteiger partial charge is 0.276 e. The molecule has 0 unspecified atom stereocenters. The fourth-order valence-electron chi connectivity index (χ4n) is 4.45. The zero-order valence-corrected chi connectivity index (χ0v) is 19.6. The van der Waals surface area contributed by atoms with E-state index in [2.05, 4.69) is 49.8 Å². The molecule has 0 bridgehead atoms. The molecule has 1 spiro atoms. The number of hydrogen-bond donors (Lipinski definition) is 2. The third-order valence-corrected chi connectivity index (χ3v) is 6.53. The average molecular weight is 417 g/mol. The van der Waals surface area contributed by atoms with Gasteiger partial charge in [0.2, 0.25) is 0 Å². The Morgan fingerprint density at radius 3 is 2.38 bits per heavy atom. The summed E-state index contributed by atoms with van der Waals surface area (Å²) >= 11 is 5.80. The number of amidine groups is 1. The standard InChI is InChI=1S/C24H37N3OS/c1-18(2)16-27-22(29)26-21(24(27)14-10-7-11-15-24)25-20(23(3,4)5)17-28-19-12-8-6-9-13-19/h6,8-9,12-13,18,20H,7,10-11,14-17H2,1-5H3,(H,25,26,29)/p+1/t20-/m0/s1.